The fourth-order valence-electron chi connectivity index (χ4n) is 2.95. The molecule has 112 valence electrons. The number of nitrogens with one attached hydrogen (secondary N) is 1. The van der Waals surface area contributed by atoms with Crippen molar-refractivity contribution >= 4 is 5.69 Å². The van der Waals surface area contributed by atoms with Crippen LogP contribution in [0.1, 0.15) is 33.3 Å². The normalized spacial score (nSPS) is 21.7. The lowest BCUT2D eigenvalue weighted by Crippen LogP contribution is -2.51. The van der Waals surface area contributed by atoms with Crippen molar-refractivity contribution in [1.82, 2.24) is 5.32 Å². The molecule has 0 radical (unpaired) electrons. The Labute approximate surface area is 123 Å². The molecule has 0 aliphatic carbocycles. The second-order valence-electron chi connectivity index (χ2n) is 6.85. The number of aliphatic hydroxyl groups is 1. The molecule has 1 aliphatic heterocycles. The molecule has 0 saturated heterocycles. The van der Waals surface area contributed by atoms with Crippen molar-refractivity contribution in [2.24, 2.45) is 5.92 Å². The summed E-state index contributed by atoms with van der Waals surface area (Å²) in [5.41, 5.74) is 1.98. The summed E-state index contributed by atoms with van der Waals surface area (Å²) in [7, 11) is 0. The van der Waals surface area contributed by atoms with Crippen molar-refractivity contribution in [1.29, 1.82) is 0 Å². The molecule has 2 N–H and O–H groups in total. The molecule has 1 aliphatic rings. The molecule has 2 rings (SSSR count). The summed E-state index contributed by atoms with van der Waals surface area (Å²) in [6, 6.07) is 8.97. The summed E-state index contributed by atoms with van der Waals surface area (Å²) < 4.78 is 0. The Morgan fingerprint density at radius 3 is 2.80 bits per heavy atom. The van der Waals surface area contributed by atoms with Gasteiger partial charge >= 0.3 is 0 Å². The molecule has 0 amide bonds. The molecule has 3 nitrogen and oxygen atoms in total. The van der Waals surface area contributed by atoms with Gasteiger partial charge in [-0.1, -0.05) is 39.0 Å². The number of hydrogen-bond acceptors (Lipinski definition) is 3. The molecule has 3 heteroatoms. The third-order valence-electron chi connectivity index (χ3n) is 3.86. The SMILES string of the molecule is CC1Cc2ccccc2N(CC(C)(O)CNC(C)C)C1. The van der Waals surface area contributed by atoms with Crippen LogP contribution in [-0.2, 0) is 6.42 Å². The summed E-state index contributed by atoms with van der Waals surface area (Å²) in [6.45, 7) is 10.7. The van der Waals surface area contributed by atoms with E-state index in [0.717, 1.165) is 13.0 Å². The van der Waals surface area contributed by atoms with E-state index in [1.54, 1.807) is 0 Å². The second kappa shape index (κ2) is 6.15. The molecular formula is C17H28N2O. The lowest BCUT2D eigenvalue weighted by Gasteiger charge is -2.39. The van der Waals surface area contributed by atoms with Gasteiger partial charge in [0.05, 0.1) is 5.60 Å². The molecule has 2 unspecified atom stereocenters. The first-order valence-corrected chi connectivity index (χ1v) is 7.66. The minimum atomic E-state index is -0.714. The highest BCUT2D eigenvalue weighted by Gasteiger charge is 2.28. The van der Waals surface area contributed by atoms with Crippen molar-refractivity contribution in [2.45, 2.75) is 45.8 Å². The number of hydrogen-bond donors (Lipinski definition) is 2. The van der Waals surface area contributed by atoms with Gasteiger partial charge in [-0.15, -0.1) is 0 Å². The molecule has 2 atom stereocenters. The van der Waals surface area contributed by atoms with Crippen molar-refractivity contribution < 1.29 is 5.11 Å². The first-order valence-electron chi connectivity index (χ1n) is 7.66. The van der Waals surface area contributed by atoms with Crippen LogP contribution in [0.3, 0.4) is 0 Å². The van der Waals surface area contributed by atoms with Crippen LogP contribution in [-0.4, -0.2) is 36.4 Å². The van der Waals surface area contributed by atoms with E-state index in [1.165, 1.54) is 11.3 Å². The van der Waals surface area contributed by atoms with Gasteiger partial charge in [-0.2, -0.15) is 0 Å². The molecule has 1 aromatic rings. The van der Waals surface area contributed by atoms with Gasteiger partial charge in [-0.3, -0.25) is 0 Å². The van der Waals surface area contributed by atoms with E-state index in [1.807, 2.05) is 6.92 Å². The predicted octanol–water partition coefficient (Wildman–Crippen LogP) is 2.43. The summed E-state index contributed by atoms with van der Waals surface area (Å²) in [4.78, 5) is 2.34. The van der Waals surface area contributed by atoms with E-state index in [2.05, 4.69) is 55.3 Å². The minimum Gasteiger partial charge on any atom is -0.387 e. The zero-order chi connectivity index (χ0) is 14.8. The fourth-order valence-corrected chi connectivity index (χ4v) is 2.95. The van der Waals surface area contributed by atoms with Crippen LogP contribution < -0.4 is 10.2 Å². The van der Waals surface area contributed by atoms with E-state index < -0.39 is 5.60 Å². The zero-order valence-electron chi connectivity index (χ0n) is 13.2. The van der Waals surface area contributed by atoms with Crippen molar-refractivity contribution in [3.8, 4) is 0 Å². The second-order valence-corrected chi connectivity index (χ2v) is 6.85. The Balaban J connectivity index is 2.09. The maximum atomic E-state index is 10.6. The molecule has 0 spiro atoms. The van der Waals surface area contributed by atoms with Gasteiger partial charge in [0, 0.05) is 31.4 Å². The van der Waals surface area contributed by atoms with Crippen LogP contribution in [0.15, 0.2) is 24.3 Å². The standard InChI is InChI=1S/C17H28N2O/c1-13(2)18-11-17(4,20)12-19-10-14(3)9-15-7-5-6-8-16(15)19/h5-8,13-14,18,20H,9-12H2,1-4H3. The van der Waals surface area contributed by atoms with Crippen molar-refractivity contribution in [3.05, 3.63) is 29.8 Å². The number of anilines is 1. The number of nitrogens with zero attached hydrogens (tertiary/aromatic N) is 1. The molecule has 0 bridgehead atoms. The quantitative estimate of drug-likeness (QED) is 0.867. The Morgan fingerprint density at radius 2 is 2.10 bits per heavy atom. The molecule has 0 saturated carbocycles. The highest BCUT2D eigenvalue weighted by molar-refractivity contribution is 5.56. The van der Waals surface area contributed by atoms with Crippen LogP contribution in [0.4, 0.5) is 5.69 Å². The van der Waals surface area contributed by atoms with E-state index >= 15 is 0 Å². The Kier molecular flexibility index (Phi) is 4.71. The van der Waals surface area contributed by atoms with E-state index in [9.17, 15) is 5.11 Å². The van der Waals surface area contributed by atoms with Gasteiger partial charge in [0.25, 0.3) is 0 Å². The Bertz CT molecular complexity index is 442. The third-order valence-corrected chi connectivity index (χ3v) is 3.86. The number of para-hydroxylation sites is 1. The third kappa shape index (κ3) is 3.97. The zero-order valence-corrected chi connectivity index (χ0v) is 13.2. The number of β-amino-alcohol motifs (C(OH)–C–C–N with tert-alkyl or cyclic N) is 1. The van der Waals surface area contributed by atoms with Gasteiger partial charge in [0.1, 0.15) is 0 Å². The smallest absolute Gasteiger partial charge is 0.0917 e. The summed E-state index contributed by atoms with van der Waals surface area (Å²) >= 11 is 0. The molecule has 0 fully saturated rings. The van der Waals surface area contributed by atoms with Gasteiger partial charge < -0.3 is 15.3 Å². The first kappa shape index (κ1) is 15.3. The van der Waals surface area contributed by atoms with Gasteiger partial charge in [0.2, 0.25) is 0 Å². The number of rotatable bonds is 5. The number of fused-ring (bicyclic) bond motifs is 1. The van der Waals surface area contributed by atoms with Gasteiger partial charge in [-0.05, 0) is 30.9 Å². The summed E-state index contributed by atoms with van der Waals surface area (Å²) in [5, 5.41) is 14.0. The Hall–Kier alpha value is -1.06. The van der Waals surface area contributed by atoms with Crippen LogP contribution >= 0.6 is 0 Å². The van der Waals surface area contributed by atoms with Crippen molar-refractivity contribution in [2.75, 3.05) is 24.5 Å². The molecule has 20 heavy (non-hydrogen) atoms. The fraction of sp³-hybridized carbons (Fsp3) is 0.647. The highest BCUT2D eigenvalue weighted by atomic mass is 16.3. The maximum Gasteiger partial charge on any atom is 0.0917 e. The highest BCUT2D eigenvalue weighted by Crippen LogP contribution is 2.30. The first-order chi connectivity index (χ1) is 9.37. The average Bonchev–Trinajstić information content (AvgIpc) is 2.36. The van der Waals surface area contributed by atoms with E-state index in [4.69, 9.17) is 0 Å². The van der Waals surface area contributed by atoms with Crippen LogP contribution in [0.25, 0.3) is 0 Å². The average molecular weight is 276 g/mol. The molecule has 1 aromatic carbocycles. The topological polar surface area (TPSA) is 35.5 Å². The van der Waals surface area contributed by atoms with Crippen LogP contribution in [0, 0.1) is 5.92 Å². The number of benzene rings is 1. The molecule has 0 aromatic heterocycles. The lowest BCUT2D eigenvalue weighted by molar-refractivity contribution is 0.0635. The van der Waals surface area contributed by atoms with E-state index in [0.29, 0.717) is 25.0 Å². The van der Waals surface area contributed by atoms with Gasteiger partial charge in [-0.25, -0.2) is 0 Å². The Morgan fingerprint density at radius 1 is 1.40 bits per heavy atom. The van der Waals surface area contributed by atoms with E-state index in [-0.39, 0.29) is 0 Å². The summed E-state index contributed by atoms with van der Waals surface area (Å²) in [6.07, 6.45) is 1.14. The monoisotopic (exact) mass is 276 g/mol. The largest absolute Gasteiger partial charge is 0.387 e. The van der Waals surface area contributed by atoms with Gasteiger partial charge in [0.15, 0.2) is 0 Å². The van der Waals surface area contributed by atoms with Crippen LogP contribution in [0.5, 0.6) is 0 Å². The van der Waals surface area contributed by atoms with Crippen molar-refractivity contribution in [3.63, 3.8) is 0 Å². The summed E-state index contributed by atoms with van der Waals surface area (Å²) in [5.74, 6) is 0.638. The molecular weight excluding hydrogens is 248 g/mol. The maximum absolute atomic E-state index is 10.6. The minimum absolute atomic E-state index is 0.397. The van der Waals surface area contributed by atoms with Crippen LogP contribution in [0.2, 0.25) is 0 Å². The lowest BCUT2D eigenvalue weighted by atomic mass is 9.92. The predicted molar refractivity (Wildman–Crippen MR) is 85.3 cm³/mol. The molecule has 1 heterocycles.